The Balaban J connectivity index is 5.22. The lowest BCUT2D eigenvalue weighted by molar-refractivity contribution is -0.161. The Labute approximate surface area is 645 Å². The second kappa shape index (κ2) is 74.8. The average Bonchev–Trinajstić information content (AvgIpc) is 0.958. The summed E-state index contributed by atoms with van der Waals surface area (Å²) < 4.78 is 68.8. The first-order chi connectivity index (χ1) is 50.6. The predicted octanol–water partition coefficient (Wildman–Crippen LogP) is 25.9. The third-order valence-corrected chi connectivity index (χ3v) is 22.3. The van der Waals surface area contributed by atoms with Gasteiger partial charge in [0.05, 0.1) is 26.4 Å². The maximum absolute atomic E-state index is 13.1. The molecular weight excluding hydrogens is 1370 g/mol. The molecule has 0 fully saturated rings. The minimum atomic E-state index is -4.97. The van der Waals surface area contributed by atoms with Gasteiger partial charge in [-0.15, -0.1) is 0 Å². The van der Waals surface area contributed by atoms with Crippen LogP contribution in [0.4, 0.5) is 0 Å². The van der Waals surface area contributed by atoms with Gasteiger partial charge in [-0.2, -0.15) is 0 Å². The van der Waals surface area contributed by atoms with Gasteiger partial charge in [-0.25, -0.2) is 9.13 Å². The Morgan fingerprint density at radius 1 is 0.267 bits per heavy atom. The summed E-state index contributed by atoms with van der Waals surface area (Å²) in [5.74, 6) is 1.03. The number of aliphatic hydroxyl groups excluding tert-OH is 1. The summed E-state index contributed by atoms with van der Waals surface area (Å²) >= 11 is 0. The normalized spacial score (nSPS) is 14.2. The van der Waals surface area contributed by atoms with Gasteiger partial charge >= 0.3 is 39.5 Å². The molecule has 19 heteroatoms. The van der Waals surface area contributed by atoms with Gasteiger partial charge in [0, 0.05) is 25.7 Å². The molecule has 0 rings (SSSR count). The highest BCUT2D eigenvalue weighted by atomic mass is 31.2. The molecule has 0 amide bonds. The van der Waals surface area contributed by atoms with Crippen LogP contribution in [0.3, 0.4) is 0 Å². The lowest BCUT2D eigenvalue weighted by Crippen LogP contribution is -2.30. The van der Waals surface area contributed by atoms with Crippen LogP contribution >= 0.6 is 15.6 Å². The Morgan fingerprint density at radius 2 is 0.457 bits per heavy atom. The molecule has 17 nitrogen and oxygen atoms in total. The number of hydrogen-bond donors (Lipinski definition) is 3. The summed E-state index contributed by atoms with van der Waals surface area (Å²) in [6.07, 6.45) is 64.0. The van der Waals surface area contributed by atoms with E-state index in [9.17, 15) is 43.2 Å². The number of phosphoric acid groups is 2. The first-order valence-corrected chi connectivity index (χ1v) is 47.2. The van der Waals surface area contributed by atoms with Crippen LogP contribution in [0.2, 0.25) is 0 Å². The smallest absolute Gasteiger partial charge is 0.462 e. The van der Waals surface area contributed by atoms with E-state index in [0.29, 0.717) is 25.7 Å². The maximum Gasteiger partial charge on any atom is 0.472 e. The number of hydrogen-bond acceptors (Lipinski definition) is 15. The summed E-state index contributed by atoms with van der Waals surface area (Å²) in [4.78, 5) is 73.2. The fourth-order valence-electron chi connectivity index (χ4n) is 13.3. The van der Waals surface area contributed by atoms with E-state index >= 15 is 0 Å². The number of ether oxygens (including phenoxy) is 4. The Kier molecular flexibility index (Phi) is 73.4. The van der Waals surface area contributed by atoms with Gasteiger partial charge in [-0.3, -0.25) is 37.3 Å². The largest absolute Gasteiger partial charge is 0.472 e. The van der Waals surface area contributed by atoms with Crippen molar-refractivity contribution in [1.82, 2.24) is 0 Å². The zero-order chi connectivity index (χ0) is 77.4. The first-order valence-electron chi connectivity index (χ1n) is 44.2. The maximum atomic E-state index is 13.1. The topological polar surface area (TPSA) is 237 Å². The molecule has 0 bridgehead atoms. The fourth-order valence-corrected chi connectivity index (χ4v) is 14.9. The molecule has 0 aromatic heterocycles. The zero-order valence-electron chi connectivity index (χ0n) is 69.4. The summed E-state index contributed by atoms with van der Waals surface area (Å²) in [6.45, 7) is 14.3. The lowest BCUT2D eigenvalue weighted by Gasteiger charge is -2.21. The fraction of sp³-hybridized carbons (Fsp3) is 0.953. The number of aliphatic hydroxyl groups is 1. The van der Waals surface area contributed by atoms with E-state index in [2.05, 4.69) is 55.4 Å². The van der Waals surface area contributed by atoms with Gasteiger partial charge in [-0.05, 0) is 49.4 Å². The van der Waals surface area contributed by atoms with Crippen molar-refractivity contribution in [2.24, 2.45) is 23.7 Å². The number of carbonyl (C=O) groups excluding carboxylic acids is 4. The van der Waals surface area contributed by atoms with Crippen molar-refractivity contribution >= 4 is 39.5 Å². The van der Waals surface area contributed by atoms with Gasteiger partial charge in [-0.1, -0.05) is 396 Å². The van der Waals surface area contributed by atoms with Crippen LogP contribution in [0.5, 0.6) is 0 Å². The van der Waals surface area contributed by atoms with Crippen LogP contribution in [-0.4, -0.2) is 96.7 Å². The highest BCUT2D eigenvalue weighted by molar-refractivity contribution is 7.47. The molecule has 624 valence electrons. The molecule has 0 aliphatic heterocycles. The van der Waals surface area contributed by atoms with Crippen LogP contribution < -0.4 is 0 Å². The molecule has 0 aromatic carbocycles. The molecule has 0 saturated heterocycles. The van der Waals surface area contributed by atoms with Crippen LogP contribution in [0, 0.1) is 23.7 Å². The number of phosphoric ester groups is 2. The minimum Gasteiger partial charge on any atom is -0.462 e. The molecule has 0 spiro atoms. The van der Waals surface area contributed by atoms with E-state index in [1.807, 2.05) is 0 Å². The van der Waals surface area contributed by atoms with Crippen LogP contribution in [0.15, 0.2) is 0 Å². The van der Waals surface area contributed by atoms with Crippen molar-refractivity contribution in [2.75, 3.05) is 39.6 Å². The van der Waals surface area contributed by atoms with E-state index in [4.69, 9.17) is 37.0 Å². The quantitative estimate of drug-likeness (QED) is 0.0222. The second-order valence-corrected chi connectivity index (χ2v) is 35.5. The van der Waals surface area contributed by atoms with Crippen molar-refractivity contribution in [3.8, 4) is 0 Å². The minimum absolute atomic E-state index is 0.104. The summed E-state index contributed by atoms with van der Waals surface area (Å²) in [5, 5.41) is 10.7. The number of esters is 4. The summed E-state index contributed by atoms with van der Waals surface area (Å²) in [7, 11) is -9.93. The van der Waals surface area contributed by atoms with E-state index in [1.165, 1.54) is 250 Å². The van der Waals surface area contributed by atoms with Crippen molar-refractivity contribution in [3.63, 3.8) is 0 Å². The van der Waals surface area contributed by atoms with Crippen LogP contribution in [0.25, 0.3) is 0 Å². The summed E-state index contributed by atoms with van der Waals surface area (Å²) in [6, 6.07) is 0. The van der Waals surface area contributed by atoms with Gasteiger partial charge in [0.25, 0.3) is 0 Å². The number of unbranched alkanes of at least 4 members (excludes halogenated alkanes) is 48. The van der Waals surface area contributed by atoms with E-state index in [1.54, 1.807) is 0 Å². The molecule has 0 aliphatic carbocycles. The van der Waals surface area contributed by atoms with E-state index in [-0.39, 0.29) is 25.7 Å². The van der Waals surface area contributed by atoms with Crippen molar-refractivity contribution < 1.29 is 80.2 Å². The average molecular weight is 1540 g/mol. The number of carbonyl (C=O) groups is 4. The molecule has 4 unspecified atom stereocenters. The standard InChI is InChI=1S/C86H168O17P2/c1-9-79(8)65-57-49-41-35-37-45-53-61-69-86(91)103-82(73-97-84(89)67-59-51-43-36-34-40-48-56-64-78(6)7)75-101-105(94,95)99-71-80(87)70-98-104(92,93)100-74-81(102-85(90)68-60-52-44-33-29-25-21-17-13-11-15-19-23-27-31-39-47-55-63-77(4)5)72-96-83(88)66-58-50-42-32-28-24-20-16-12-10-14-18-22-26-30-38-46-54-62-76(2)3/h76-82,87H,9-75H2,1-8H3,(H,92,93)(H,94,95)/t79?,80?,81-,82-/m1/s1. The molecule has 0 aliphatic rings. The summed E-state index contributed by atoms with van der Waals surface area (Å²) in [5.41, 5.74) is 0. The van der Waals surface area contributed by atoms with E-state index < -0.39 is 97.5 Å². The molecule has 0 radical (unpaired) electrons. The van der Waals surface area contributed by atoms with Gasteiger partial charge in [0.1, 0.15) is 19.3 Å². The van der Waals surface area contributed by atoms with Gasteiger partial charge in [0.15, 0.2) is 12.2 Å². The van der Waals surface area contributed by atoms with Crippen LogP contribution in [0.1, 0.15) is 447 Å². The number of rotatable bonds is 83. The van der Waals surface area contributed by atoms with E-state index in [0.717, 1.165) is 114 Å². The molecule has 0 heterocycles. The monoisotopic (exact) mass is 1540 g/mol. The zero-order valence-corrected chi connectivity index (χ0v) is 71.2. The first kappa shape index (κ1) is 103. The Hall–Kier alpha value is -1.94. The van der Waals surface area contributed by atoms with Gasteiger partial charge in [0.2, 0.25) is 0 Å². The molecule has 6 atom stereocenters. The highest BCUT2D eigenvalue weighted by Gasteiger charge is 2.31. The Bertz CT molecular complexity index is 2040. The highest BCUT2D eigenvalue weighted by Crippen LogP contribution is 2.45. The molecular formula is C86H168O17P2. The van der Waals surface area contributed by atoms with Crippen molar-refractivity contribution in [2.45, 2.75) is 465 Å². The van der Waals surface area contributed by atoms with Crippen molar-refractivity contribution in [1.29, 1.82) is 0 Å². The third-order valence-electron chi connectivity index (χ3n) is 20.4. The van der Waals surface area contributed by atoms with Crippen LogP contribution in [-0.2, 0) is 65.4 Å². The van der Waals surface area contributed by atoms with Crippen molar-refractivity contribution in [3.05, 3.63) is 0 Å². The molecule has 0 saturated carbocycles. The molecule has 0 aromatic rings. The lowest BCUT2D eigenvalue weighted by atomic mass is 9.99. The third kappa shape index (κ3) is 78.5. The molecule has 3 N–H and O–H groups in total. The Morgan fingerprint density at radius 3 is 0.676 bits per heavy atom. The second-order valence-electron chi connectivity index (χ2n) is 32.6. The van der Waals surface area contributed by atoms with Gasteiger partial charge < -0.3 is 33.8 Å². The SMILES string of the molecule is CCC(C)CCCCCCCCCCC(=O)O[C@H](COC(=O)CCCCCCCCCCC(C)C)COP(=O)(O)OCC(O)COP(=O)(O)OC[C@@H](COC(=O)CCCCCCCCCCCCCCCCCCCCC(C)C)OC(=O)CCCCCCCCCCCCCCCCCCCCC(C)C. The predicted molar refractivity (Wildman–Crippen MR) is 432 cm³/mol. The molecule has 105 heavy (non-hydrogen) atoms.